The van der Waals surface area contributed by atoms with Gasteiger partial charge in [-0.2, -0.15) is 0 Å². The summed E-state index contributed by atoms with van der Waals surface area (Å²) in [4.78, 5) is 0. The molecule has 0 bridgehead atoms. The Kier molecular flexibility index (Phi) is 6.19. The molecule has 16 heavy (non-hydrogen) atoms. The summed E-state index contributed by atoms with van der Waals surface area (Å²) in [6.45, 7) is 7.88. The Morgan fingerprint density at radius 2 is 2.31 bits per heavy atom. The molecule has 0 N–H and O–H groups in total. The van der Waals surface area contributed by atoms with Gasteiger partial charge in [-0.05, 0) is 12.0 Å². The molecule has 0 aromatic heterocycles. The molecule has 0 saturated carbocycles. The quantitative estimate of drug-likeness (QED) is 0.625. The maximum Gasteiger partial charge on any atom is 0.114 e. The highest BCUT2D eigenvalue weighted by atomic mass is 16.6. The largest absolute Gasteiger partial charge is 0.495 e. The van der Waals surface area contributed by atoms with Crippen LogP contribution in [-0.2, 0) is 14.2 Å². The van der Waals surface area contributed by atoms with Gasteiger partial charge < -0.3 is 14.2 Å². The van der Waals surface area contributed by atoms with E-state index in [0.717, 1.165) is 25.0 Å². The Morgan fingerprint density at radius 3 is 2.94 bits per heavy atom. The van der Waals surface area contributed by atoms with E-state index < -0.39 is 0 Å². The molecule has 0 aliphatic carbocycles. The van der Waals surface area contributed by atoms with Gasteiger partial charge in [-0.25, -0.2) is 0 Å². The summed E-state index contributed by atoms with van der Waals surface area (Å²) in [6, 6.07) is 0. The van der Waals surface area contributed by atoms with Crippen molar-refractivity contribution in [3.8, 4) is 0 Å². The highest BCUT2D eigenvalue weighted by molar-refractivity contribution is 5.23. The number of hydrogen-bond donors (Lipinski definition) is 0. The first-order valence-corrected chi connectivity index (χ1v) is 5.89. The van der Waals surface area contributed by atoms with E-state index in [1.54, 1.807) is 7.11 Å². The maximum absolute atomic E-state index is 5.71. The first-order chi connectivity index (χ1) is 7.81. The molecular formula is C13H22O3. The molecule has 0 saturated heterocycles. The fraction of sp³-hybridized carbons (Fsp3) is 0.692. The van der Waals surface area contributed by atoms with Gasteiger partial charge in [0.25, 0.3) is 0 Å². The van der Waals surface area contributed by atoms with Crippen molar-refractivity contribution < 1.29 is 14.2 Å². The Hall–Kier alpha value is -0.800. The average molecular weight is 226 g/mol. The summed E-state index contributed by atoms with van der Waals surface area (Å²) < 4.78 is 16.3. The van der Waals surface area contributed by atoms with Crippen LogP contribution in [-0.4, -0.2) is 33.0 Å². The van der Waals surface area contributed by atoms with Gasteiger partial charge in [-0.3, -0.25) is 0 Å². The number of hydrogen-bond acceptors (Lipinski definition) is 3. The van der Waals surface area contributed by atoms with Crippen LogP contribution in [0.4, 0.5) is 0 Å². The van der Waals surface area contributed by atoms with Crippen LogP contribution in [0.5, 0.6) is 0 Å². The minimum atomic E-state index is 0.142. The fourth-order valence-electron chi connectivity index (χ4n) is 1.77. The molecular weight excluding hydrogens is 204 g/mol. The smallest absolute Gasteiger partial charge is 0.114 e. The molecule has 1 rings (SSSR count). The molecule has 3 heteroatoms. The van der Waals surface area contributed by atoms with Crippen LogP contribution in [0.25, 0.3) is 0 Å². The highest BCUT2D eigenvalue weighted by Gasteiger charge is 2.20. The van der Waals surface area contributed by atoms with Crippen LogP contribution in [0.3, 0.4) is 0 Å². The molecule has 1 atom stereocenters. The van der Waals surface area contributed by atoms with Crippen molar-refractivity contribution in [2.45, 2.75) is 32.3 Å². The summed E-state index contributed by atoms with van der Waals surface area (Å²) >= 11 is 0. The van der Waals surface area contributed by atoms with Crippen LogP contribution in [0.1, 0.15) is 26.2 Å². The second-order valence-corrected chi connectivity index (χ2v) is 3.90. The van der Waals surface area contributed by atoms with E-state index in [1.807, 2.05) is 6.08 Å². The van der Waals surface area contributed by atoms with Crippen molar-refractivity contribution >= 4 is 0 Å². The van der Waals surface area contributed by atoms with Crippen molar-refractivity contribution in [1.82, 2.24) is 0 Å². The number of ether oxygens (including phenoxy) is 3. The lowest BCUT2D eigenvalue weighted by atomic mass is 10.0. The zero-order chi connectivity index (χ0) is 11.8. The first kappa shape index (κ1) is 13.3. The number of allylic oxidation sites excluding steroid dienone is 2. The van der Waals surface area contributed by atoms with Gasteiger partial charge in [-0.15, -0.1) is 0 Å². The van der Waals surface area contributed by atoms with Gasteiger partial charge in [0, 0.05) is 20.0 Å². The second-order valence-electron chi connectivity index (χ2n) is 3.90. The van der Waals surface area contributed by atoms with E-state index in [-0.39, 0.29) is 6.10 Å². The van der Waals surface area contributed by atoms with Crippen LogP contribution in [0.15, 0.2) is 24.0 Å². The summed E-state index contributed by atoms with van der Waals surface area (Å²) in [6.07, 6.45) is 5.02. The lowest BCUT2D eigenvalue weighted by Gasteiger charge is -2.26. The Labute approximate surface area is 98.1 Å². The number of methoxy groups -OCH3 is 1. The van der Waals surface area contributed by atoms with Crippen LogP contribution < -0.4 is 0 Å². The molecule has 1 heterocycles. The van der Waals surface area contributed by atoms with Crippen molar-refractivity contribution in [3.63, 3.8) is 0 Å². The zero-order valence-electron chi connectivity index (χ0n) is 10.3. The van der Waals surface area contributed by atoms with E-state index in [2.05, 4.69) is 13.5 Å². The van der Waals surface area contributed by atoms with E-state index in [1.165, 1.54) is 5.57 Å². The fourth-order valence-corrected chi connectivity index (χ4v) is 1.77. The van der Waals surface area contributed by atoms with Gasteiger partial charge in [0.2, 0.25) is 0 Å². The van der Waals surface area contributed by atoms with Crippen molar-refractivity contribution in [2.24, 2.45) is 0 Å². The Morgan fingerprint density at radius 1 is 1.50 bits per heavy atom. The normalized spacial score (nSPS) is 20.8. The van der Waals surface area contributed by atoms with Gasteiger partial charge >= 0.3 is 0 Å². The van der Waals surface area contributed by atoms with Gasteiger partial charge in [0.15, 0.2) is 0 Å². The molecule has 0 spiro atoms. The molecule has 3 nitrogen and oxygen atoms in total. The van der Waals surface area contributed by atoms with Gasteiger partial charge in [0.05, 0.1) is 25.1 Å². The maximum atomic E-state index is 5.71. The topological polar surface area (TPSA) is 27.7 Å². The molecule has 0 amide bonds. The molecule has 1 unspecified atom stereocenters. The third-order valence-electron chi connectivity index (χ3n) is 2.61. The van der Waals surface area contributed by atoms with Crippen molar-refractivity contribution in [2.75, 3.05) is 26.9 Å². The minimum Gasteiger partial charge on any atom is -0.495 e. The van der Waals surface area contributed by atoms with Crippen molar-refractivity contribution in [3.05, 3.63) is 24.0 Å². The summed E-state index contributed by atoms with van der Waals surface area (Å²) in [5.41, 5.74) is 1.19. The number of rotatable bonds is 7. The van der Waals surface area contributed by atoms with E-state index >= 15 is 0 Å². The molecule has 92 valence electrons. The van der Waals surface area contributed by atoms with Crippen LogP contribution >= 0.6 is 0 Å². The average Bonchev–Trinajstić information content (AvgIpc) is 2.31. The second kappa shape index (κ2) is 7.47. The monoisotopic (exact) mass is 226 g/mol. The first-order valence-electron chi connectivity index (χ1n) is 5.89. The standard InChI is InChI=1S/C13H22O3/c1-4-6-13-11(5-2)9-12(10-16-13)15-8-7-14-3/h5,12H,2,4,6-10H2,1,3H3. The lowest BCUT2D eigenvalue weighted by molar-refractivity contribution is -0.0285. The van der Waals surface area contributed by atoms with Crippen LogP contribution in [0.2, 0.25) is 0 Å². The third kappa shape index (κ3) is 3.99. The van der Waals surface area contributed by atoms with Crippen LogP contribution in [0, 0.1) is 0 Å². The lowest BCUT2D eigenvalue weighted by Crippen LogP contribution is -2.26. The predicted octanol–water partition coefficient (Wildman–Crippen LogP) is 2.68. The molecule has 0 radical (unpaired) electrons. The van der Waals surface area contributed by atoms with E-state index in [4.69, 9.17) is 14.2 Å². The third-order valence-corrected chi connectivity index (χ3v) is 2.61. The van der Waals surface area contributed by atoms with Gasteiger partial charge in [-0.1, -0.05) is 19.6 Å². The summed E-state index contributed by atoms with van der Waals surface area (Å²) in [5.74, 6) is 1.09. The van der Waals surface area contributed by atoms with E-state index in [0.29, 0.717) is 19.8 Å². The summed E-state index contributed by atoms with van der Waals surface area (Å²) in [5, 5.41) is 0. The molecule has 1 aliphatic heterocycles. The van der Waals surface area contributed by atoms with Crippen molar-refractivity contribution in [1.29, 1.82) is 0 Å². The molecule has 0 aromatic rings. The van der Waals surface area contributed by atoms with Gasteiger partial charge in [0.1, 0.15) is 6.61 Å². The van der Waals surface area contributed by atoms with E-state index in [9.17, 15) is 0 Å². The zero-order valence-corrected chi connectivity index (χ0v) is 10.3. The Bertz CT molecular complexity index is 246. The summed E-state index contributed by atoms with van der Waals surface area (Å²) in [7, 11) is 1.68. The Balaban J connectivity index is 2.43. The molecule has 1 aliphatic rings. The molecule has 0 fully saturated rings. The molecule has 0 aromatic carbocycles. The predicted molar refractivity (Wildman–Crippen MR) is 64.3 cm³/mol. The SMILES string of the molecule is C=CC1=C(CCC)OCC(OCCOC)C1. The highest BCUT2D eigenvalue weighted by Crippen LogP contribution is 2.25. The minimum absolute atomic E-state index is 0.142.